The van der Waals surface area contributed by atoms with Gasteiger partial charge in [0.25, 0.3) is 0 Å². The Bertz CT molecular complexity index is 1200. The van der Waals surface area contributed by atoms with E-state index in [9.17, 15) is 26.4 Å². The Hall–Kier alpha value is -2.19. The molecule has 0 spiro atoms. The summed E-state index contributed by atoms with van der Waals surface area (Å²) in [5.41, 5.74) is -8.04. The fraction of sp³-hybridized carbons (Fsp3) is 0.600. The smallest absolute Gasteiger partial charge is 0.464 e. The lowest BCUT2D eigenvalue weighted by Crippen LogP contribution is -2.36. The Labute approximate surface area is 197 Å². The maximum Gasteiger partial charge on any atom is 0.534 e. The van der Waals surface area contributed by atoms with E-state index in [1.807, 2.05) is 0 Å². The Morgan fingerprint density at radius 1 is 1.24 bits per heavy atom. The molecule has 190 valence electrons. The number of esters is 1. The second-order valence-corrected chi connectivity index (χ2v) is 11.1. The van der Waals surface area contributed by atoms with Gasteiger partial charge in [-0.25, -0.2) is 14.2 Å². The van der Waals surface area contributed by atoms with Crippen LogP contribution in [0.5, 0.6) is 5.75 Å². The molecule has 14 heteroatoms. The Morgan fingerprint density at radius 2 is 1.85 bits per heavy atom. The molecule has 2 aromatic rings. The minimum absolute atomic E-state index is 0.108. The van der Waals surface area contributed by atoms with E-state index in [0.29, 0.717) is 13.1 Å². The van der Waals surface area contributed by atoms with Crippen molar-refractivity contribution in [3.8, 4) is 5.75 Å². The van der Waals surface area contributed by atoms with Crippen LogP contribution in [0.15, 0.2) is 0 Å². The van der Waals surface area contributed by atoms with Crippen LogP contribution < -0.4 is 9.08 Å². The molecule has 1 fully saturated rings. The summed E-state index contributed by atoms with van der Waals surface area (Å²) in [7, 11) is -6.18. The topological polar surface area (TPSA) is 95.0 Å². The van der Waals surface area contributed by atoms with Crippen LogP contribution in [0.3, 0.4) is 0 Å². The van der Waals surface area contributed by atoms with Gasteiger partial charge in [0.05, 0.1) is 12.2 Å². The summed E-state index contributed by atoms with van der Waals surface area (Å²) in [6, 6.07) is 0. The monoisotopic (exact) mass is 528 g/mol. The van der Waals surface area contributed by atoms with Crippen LogP contribution in [0.4, 0.5) is 22.7 Å². The minimum atomic E-state index is -6.18. The van der Waals surface area contributed by atoms with Gasteiger partial charge in [-0.05, 0) is 46.6 Å². The van der Waals surface area contributed by atoms with E-state index in [0.717, 1.165) is 17.8 Å². The number of alkyl halides is 3. The first-order chi connectivity index (χ1) is 15.6. The molecule has 1 atom stereocenters. The lowest BCUT2D eigenvalue weighted by atomic mass is 9.99. The van der Waals surface area contributed by atoms with E-state index in [1.54, 1.807) is 25.7 Å². The van der Waals surface area contributed by atoms with E-state index in [4.69, 9.17) is 9.47 Å². The molecule has 0 N–H and O–H groups in total. The second kappa shape index (κ2) is 9.11. The normalized spacial score (nSPS) is 15.9. The molecule has 34 heavy (non-hydrogen) atoms. The zero-order chi connectivity index (χ0) is 25.6. The molecule has 0 saturated carbocycles. The third-order valence-electron chi connectivity index (χ3n) is 4.85. The van der Waals surface area contributed by atoms with Gasteiger partial charge in [0.15, 0.2) is 22.8 Å². The number of anilines is 1. The summed E-state index contributed by atoms with van der Waals surface area (Å²) in [6.07, 6.45) is -0.925. The third kappa shape index (κ3) is 5.08. The molecular formula is C20H24F4N2O6S2. The van der Waals surface area contributed by atoms with Gasteiger partial charge in [0.2, 0.25) is 0 Å². The number of aromatic nitrogens is 1. The highest BCUT2D eigenvalue weighted by molar-refractivity contribution is 7.88. The standard InChI is InChI=1S/C20H24F4N2O6S2/c1-6-30-17(27)15(31-19(3,4)5)11-10(2)12(21)13-16(33-18(25-13)26-8-7-9-26)14(11)32-34(28,29)20(22,23)24/h15H,6-9H2,1-5H3/t15-/m0/s1. The number of thiazole rings is 1. The molecule has 8 nitrogen and oxygen atoms in total. The van der Waals surface area contributed by atoms with Gasteiger partial charge in [-0.15, -0.1) is 0 Å². The van der Waals surface area contributed by atoms with Crippen molar-refractivity contribution in [2.75, 3.05) is 24.6 Å². The lowest BCUT2D eigenvalue weighted by Gasteiger charge is -2.30. The fourth-order valence-corrected chi connectivity index (χ4v) is 4.84. The number of ether oxygens (including phenoxy) is 2. The van der Waals surface area contributed by atoms with Gasteiger partial charge in [-0.3, -0.25) is 0 Å². The van der Waals surface area contributed by atoms with Crippen LogP contribution >= 0.6 is 11.3 Å². The minimum Gasteiger partial charge on any atom is -0.464 e. The van der Waals surface area contributed by atoms with Crippen molar-refractivity contribution in [3.05, 3.63) is 16.9 Å². The highest BCUT2D eigenvalue weighted by Gasteiger charge is 2.50. The quantitative estimate of drug-likeness (QED) is 0.223. The maximum absolute atomic E-state index is 15.4. The number of carbonyl (C=O) groups excluding carboxylic acids is 1. The van der Waals surface area contributed by atoms with Crippen molar-refractivity contribution in [3.63, 3.8) is 0 Å². The van der Waals surface area contributed by atoms with E-state index in [2.05, 4.69) is 9.17 Å². The predicted molar refractivity (Wildman–Crippen MR) is 117 cm³/mol. The molecule has 0 amide bonds. The van der Waals surface area contributed by atoms with Crippen molar-refractivity contribution >= 4 is 42.8 Å². The van der Waals surface area contributed by atoms with E-state index < -0.39 is 50.4 Å². The summed E-state index contributed by atoms with van der Waals surface area (Å²) in [6.45, 7) is 8.45. The van der Waals surface area contributed by atoms with Gasteiger partial charge in [0, 0.05) is 18.7 Å². The van der Waals surface area contributed by atoms with Gasteiger partial charge in [-0.2, -0.15) is 21.6 Å². The summed E-state index contributed by atoms with van der Waals surface area (Å²) >= 11 is 0.767. The van der Waals surface area contributed by atoms with Crippen molar-refractivity contribution in [1.82, 2.24) is 4.98 Å². The predicted octanol–water partition coefficient (Wildman–Crippen LogP) is 4.60. The molecule has 1 aromatic carbocycles. The van der Waals surface area contributed by atoms with Crippen LogP contribution in [-0.4, -0.2) is 50.2 Å². The molecule has 1 aliphatic heterocycles. The van der Waals surface area contributed by atoms with Gasteiger partial charge in [-0.1, -0.05) is 11.3 Å². The summed E-state index contributed by atoms with van der Waals surface area (Å²) < 4.78 is 94.2. The number of rotatable bonds is 7. The Kier molecular flexibility index (Phi) is 7.08. The summed E-state index contributed by atoms with van der Waals surface area (Å²) in [5, 5.41) is 0.287. The lowest BCUT2D eigenvalue weighted by molar-refractivity contribution is -0.167. The van der Waals surface area contributed by atoms with Crippen molar-refractivity contribution in [2.45, 2.75) is 58.3 Å². The van der Waals surface area contributed by atoms with Crippen LogP contribution in [0.2, 0.25) is 0 Å². The zero-order valence-electron chi connectivity index (χ0n) is 19.1. The number of fused-ring (bicyclic) bond motifs is 1. The number of hydrogen-bond acceptors (Lipinski definition) is 9. The van der Waals surface area contributed by atoms with Crippen molar-refractivity contribution < 1.29 is 44.4 Å². The van der Waals surface area contributed by atoms with Gasteiger partial charge in [0.1, 0.15) is 10.2 Å². The van der Waals surface area contributed by atoms with E-state index in [-0.39, 0.29) is 27.5 Å². The second-order valence-electron chi connectivity index (χ2n) is 8.54. The van der Waals surface area contributed by atoms with Crippen LogP contribution in [-0.2, 0) is 24.4 Å². The summed E-state index contributed by atoms with van der Waals surface area (Å²) in [4.78, 5) is 18.7. The first-order valence-corrected chi connectivity index (χ1v) is 12.5. The van der Waals surface area contributed by atoms with E-state index >= 15 is 4.39 Å². The molecule has 2 heterocycles. The van der Waals surface area contributed by atoms with E-state index in [1.165, 1.54) is 13.8 Å². The molecule has 3 rings (SSSR count). The number of hydrogen-bond donors (Lipinski definition) is 0. The summed E-state index contributed by atoms with van der Waals surface area (Å²) in [5.74, 6) is -2.84. The Morgan fingerprint density at radius 3 is 2.32 bits per heavy atom. The van der Waals surface area contributed by atoms with Crippen LogP contribution in [0, 0.1) is 12.7 Å². The first-order valence-electron chi connectivity index (χ1n) is 10.3. The number of carbonyl (C=O) groups is 1. The number of halogens is 4. The largest absolute Gasteiger partial charge is 0.534 e. The average molecular weight is 529 g/mol. The molecule has 1 saturated heterocycles. The molecule has 0 radical (unpaired) electrons. The molecule has 1 aromatic heterocycles. The van der Waals surface area contributed by atoms with Crippen molar-refractivity contribution in [1.29, 1.82) is 0 Å². The first kappa shape index (κ1) is 26.4. The Balaban J connectivity index is 2.36. The maximum atomic E-state index is 15.4. The van der Waals surface area contributed by atoms with Crippen molar-refractivity contribution in [2.24, 2.45) is 0 Å². The highest BCUT2D eigenvalue weighted by atomic mass is 32.2. The van der Waals surface area contributed by atoms with Crippen LogP contribution in [0.1, 0.15) is 51.3 Å². The zero-order valence-corrected chi connectivity index (χ0v) is 20.7. The average Bonchev–Trinajstić information content (AvgIpc) is 3.06. The van der Waals surface area contributed by atoms with Gasteiger partial charge >= 0.3 is 21.6 Å². The highest BCUT2D eigenvalue weighted by Crippen LogP contribution is 2.47. The fourth-order valence-electron chi connectivity index (χ4n) is 3.19. The molecular weight excluding hydrogens is 504 g/mol. The van der Waals surface area contributed by atoms with Gasteiger partial charge < -0.3 is 18.6 Å². The molecule has 1 aliphatic rings. The third-order valence-corrected chi connectivity index (χ3v) is 6.91. The van der Waals surface area contributed by atoms with Crippen LogP contribution in [0.25, 0.3) is 10.2 Å². The SMILES string of the molecule is CCOC(=O)[C@@H](OC(C)(C)C)c1c(C)c(F)c2nc(N3CCC3)sc2c1OS(=O)(=O)C(F)(F)F. The molecule has 0 aliphatic carbocycles. The molecule has 0 bridgehead atoms. The number of nitrogens with zero attached hydrogens (tertiary/aromatic N) is 2. The molecule has 0 unspecified atom stereocenters. The number of benzene rings is 1.